The SMILES string of the molecule is N#Cc1cccc(NC(=O)c2ccc(-c3noc(C(F)(F)F)n3)cc2)c1. The molecule has 3 rings (SSSR count). The second-order valence-corrected chi connectivity index (χ2v) is 5.14. The number of halogens is 3. The molecule has 0 saturated carbocycles. The van der Waals surface area contributed by atoms with Crippen molar-refractivity contribution in [1.82, 2.24) is 10.1 Å². The van der Waals surface area contributed by atoms with Crippen LogP contribution in [0.2, 0.25) is 0 Å². The van der Waals surface area contributed by atoms with Crippen LogP contribution in [0.25, 0.3) is 11.4 Å². The van der Waals surface area contributed by atoms with E-state index in [1.165, 1.54) is 30.3 Å². The van der Waals surface area contributed by atoms with Crippen molar-refractivity contribution in [2.45, 2.75) is 6.18 Å². The molecule has 1 aromatic heterocycles. The van der Waals surface area contributed by atoms with E-state index in [0.29, 0.717) is 11.3 Å². The van der Waals surface area contributed by atoms with Crippen LogP contribution in [0.4, 0.5) is 18.9 Å². The maximum absolute atomic E-state index is 12.5. The molecule has 1 heterocycles. The fourth-order valence-corrected chi connectivity index (χ4v) is 2.10. The van der Waals surface area contributed by atoms with E-state index < -0.39 is 18.0 Å². The molecular weight excluding hydrogens is 349 g/mol. The zero-order valence-electron chi connectivity index (χ0n) is 12.9. The van der Waals surface area contributed by atoms with Crippen molar-refractivity contribution in [2.75, 3.05) is 5.32 Å². The minimum absolute atomic E-state index is 0.231. The highest BCUT2D eigenvalue weighted by Crippen LogP contribution is 2.29. The smallest absolute Gasteiger partial charge is 0.329 e. The summed E-state index contributed by atoms with van der Waals surface area (Å²) in [5.74, 6) is -2.10. The molecule has 0 aliphatic rings. The molecule has 26 heavy (non-hydrogen) atoms. The lowest BCUT2D eigenvalue weighted by molar-refractivity contribution is -0.159. The Bertz CT molecular complexity index is 988. The van der Waals surface area contributed by atoms with E-state index in [1.807, 2.05) is 6.07 Å². The minimum atomic E-state index is -4.72. The van der Waals surface area contributed by atoms with Gasteiger partial charge in [0.15, 0.2) is 0 Å². The summed E-state index contributed by atoms with van der Waals surface area (Å²) in [6.07, 6.45) is -4.72. The van der Waals surface area contributed by atoms with Gasteiger partial charge in [0.25, 0.3) is 5.91 Å². The lowest BCUT2D eigenvalue weighted by atomic mass is 10.1. The molecule has 0 unspecified atom stereocenters. The molecule has 0 bridgehead atoms. The summed E-state index contributed by atoms with van der Waals surface area (Å²) < 4.78 is 41.6. The van der Waals surface area contributed by atoms with Crippen molar-refractivity contribution in [3.63, 3.8) is 0 Å². The number of alkyl halides is 3. The van der Waals surface area contributed by atoms with Crippen molar-refractivity contribution >= 4 is 11.6 Å². The molecule has 130 valence electrons. The number of rotatable bonds is 3. The van der Waals surface area contributed by atoms with Crippen molar-refractivity contribution in [3.8, 4) is 17.5 Å². The molecule has 9 heteroatoms. The summed E-state index contributed by atoms with van der Waals surface area (Å²) in [6.45, 7) is 0. The monoisotopic (exact) mass is 358 g/mol. The van der Waals surface area contributed by atoms with Gasteiger partial charge in [-0.05, 0) is 30.3 Å². The Morgan fingerprint density at radius 3 is 2.50 bits per heavy atom. The molecule has 0 aliphatic carbocycles. The van der Waals surface area contributed by atoms with Gasteiger partial charge in [-0.3, -0.25) is 4.79 Å². The van der Waals surface area contributed by atoms with Crippen molar-refractivity contribution in [2.24, 2.45) is 0 Å². The van der Waals surface area contributed by atoms with Crippen LogP contribution in [0.5, 0.6) is 0 Å². The van der Waals surface area contributed by atoms with Gasteiger partial charge in [0.2, 0.25) is 5.82 Å². The average Bonchev–Trinajstić information content (AvgIpc) is 3.12. The van der Waals surface area contributed by atoms with E-state index in [0.717, 1.165) is 0 Å². The predicted molar refractivity (Wildman–Crippen MR) is 83.8 cm³/mol. The van der Waals surface area contributed by atoms with Gasteiger partial charge in [-0.2, -0.15) is 23.4 Å². The zero-order valence-corrected chi connectivity index (χ0v) is 12.9. The standard InChI is InChI=1S/C17H9F3N4O2/c18-17(19,20)16-23-14(24-26-16)11-4-6-12(7-5-11)15(25)22-13-3-1-2-10(8-13)9-21/h1-8H,(H,22,25). The summed E-state index contributed by atoms with van der Waals surface area (Å²) in [6, 6.07) is 14.0. The average molecular weight is 358 g/mol. The van der Waals surface area contributed by atoms with Crippen LogP contribution in [0, 0.1) is 11.3 Å². The number of nitrogens with one attached hydrogen (secondary N) is 1. The third-order valence-corrected chi connectivity index (χ3v) is 3.32. The molecule has 1 N–H and O–H groups in total. The Balaban J connectivity index is 1.75. The van der Waals surface area contributed by atoms with Crippen LogP contribution >= 0.6 is 0 Å². The number of hydrogen-bond donors (Lipinski definition) is 1. The Labute approximate surface area is 144 Å². The fraction of sp³-hybridized carbons (Fsp3) is 0.0588. The van der Waals surface area contributed by atoms with Gasteiger partial charge in [0, 0.05) is 16.8 Å². The zero-order chi connectivity index (χ0) is 18.7. The minimum Gasteiger partial charge on any atom is -0.329 e. The van der Waals surface area contributed by atoms with E-state index in [1.54, 1.807) is 18.2 Å². The van der Waals surface area contributed by atoms with Crippen LogP contribution < -0.4 is 5.32 Å². The Morgan fingerprint density at radius 2 is 1.88 bits per heavy atom. The van der Waals surface area contributed by atoms with Crippen molar-refractivity contribution in [1.29, 1.82) is 5.26 Å². The first-order valence-corrected chi connectivity index (χ1v) is 7.19. The molecule has 0 atom stereocenters. The number of nitrogens with zero attached hydrogens (tertiary/aromatic N) is 3. The van der Waals surface area contributed by atoms with Crippen LogP contribution in [-0.4, -0.2) is 16.0 Å². The molecule has 3 aromatic rings. The van der Waals surface area contributed by atoms with Gasteiger partial charge in [0.05, 0.1) is 11.6 Å². The number of benzene rings is 2. The lowest BCUT2D eigenvalue weighted by Crippen LogP contribution is -2.11. The number of aromatic nitrogens is 2. The molecule has 0 radical (unpaired) electrons. The summed E-state index contributed by atoms with van der Waals surface area (Å²) in [7, 11) is 0. The first kappa shape index (κ1) is 17.2. The van der Waals surface area contributed by atoms with Crippen molar-refractivity contribution < 1.29 is 22.5 Å². The predicted octanol–water partition coefficient (Wildman–Crippen LogP) is 3.88. The van der Waals surface area contributed by atoms with E-state index in [-0.39, 0.29) is 17.0 Å². The first-order valence-electron chi connectivity index (χ1n) is 7.19. The molecule has 0 fully saturated rings. The summed E-state index contributed by atoms with van der Waals surface area (Å²) >= 11 is 0. The van der Waals surface area contributed by atoms with Gasteiger partial charge in [-0.25, -0.2) is 0 Å². The largest absolute Gasteiger partial charge is 0.471 e. The topological polar surface area (TPSA) is 91.8 Å². The van der Waals surface area contributed by atoms with Crippen LogP contribution in [0.15, 0.2) is 53.1 Å². The third-order valence-electron chi connectivity index (χ3n) is 3.32. The normalized spacial score (nSPS) is 11.0. The summed E-state index contributed by atoms with van der Waals surface area (Å²) in [4.78, 5) is 15.5. The van der Waals surface area contributed by atoms with Crippen LogP contribution in [0.3, 0.4) is 0 Å². The van der Waals surface area contributed by atoms with Gasteiger partial charge < -0.3 is 9.84 Å². The highest BCUT2D eigenvalue weighted by molar-refractivity contribution is 6.04. The Morgan fingerprint density at radius 1 is 1.15 bits per heavy atom. The maximum Gasteiger partial charge on any atom is 0.471 e. The molecular formula is C17H9F3N4O2. The van der Waals surface area contributed by atoms with Gasteiger partial charge in [-0.15, -0.1) is 0 Å². The van der Waals surface area contributed by atoms with Crippen LogP contribution in [-0.2, 0) is 6.18 Å². The fourth-order valence-electron chi connectivity index (χ4n) is 2.10. The van der Waals surface area contributed by atoms with Gasteiger partial charge >= 0.3 is 12.1 Å². The van der Waals surface area contributed by atoms with E-state index >= 15 is 0 Å². The molecule has 2 aromatic carbocycles. The number of nitriles is 1. The summed E-state index contributed by atoms with van der Waals surface area (Å²) in [5.41, 5.74) is 1.39. The number of carbonyl (C=O) groups excluding carboxylic acids is 1. The van der Waals surface area contributed by atoms with E-state index in [2.05, 4.69) is 20.0 Å². The summed E-state index contributed by atoms with van der Waals surface area (Å²) in [5, 5.41) is 14.8. The quantitative estimate of drug-likeness (QED) is 0.767. The lowest BCUT2D eigenvalue weighted by Gasteiger charge is -2.06. The molecule has 6 nitrogen and oxygen atoms in total. The van der Waals surface area contributed by atoms with Crippen LogP contribution in [0.1, 0.15) is 21.8 Å². The first-order chi connectivity index (χ1) is 12.4. The van der Waals surface area contributed by atoms with Crippen molar-refractivity contribution in [3.05, 3.63) is 65.5 Å². The molecule has 0 spiro atoms. The number of hydrogen-bond acceptors (Lipinski definition) is 5. The highest BCUT2D eigenvalue weighted by atomic mass is 19.4. The molecule has 1 amide bonds. The van der Waals surface area contributed by atoms with E-state index in [9.17, 15) is 18.0 Å². The highest BCUT2D eigenvalue weighted by Gasteiger charge is 2.38. The number of amides is 1. The Kier molecular flexibility index (Phi) is 4.41. The number of anilines is 1. The maximum atomic E-state index is 12.5. The molecule has 0 saturated heterocycles. The Hall–Kier alpha value is -3.67. The van der Waals surface area contributed by atoms with Gasteiger partial charge in [0.1, 0.15) is 0 Å². The van der Waals surface area contributed by atoms with E-state index in [4.69, 9.17) is 5.26 Å². The second-order valence-electron chi connectivity index (χ2n) is 5.14. The third kappa shape index (κ3) is 3.70. The molecule has 0 aliphatic heterocycles. The van der Waals surface area contributed by atoms with Gasteiger partial charge in [-0.1, -0.05) is 23.4 Å². The number of carbonyl (C=O) groups is 1. The second kappa shape index (κ2) is 6.68.